The highest BCUT2D eigenvalue weighted by Gasteiger charge is 2.11. The van der Waals surface area contributed by atoms with E-state index in [0.29, 0.717) is 0 Å². The van der Waals surface area contributed by atoms with Crippen molar-refractivity contribution in [3.05, 3.63) is 12.1 Å². The molecule has 1 aromatic rings. The van der Waals surface area contributed by atoms with E-state index in [1.165, 1.54) is 19.2 Å². The Morgan fingerprint density at radius 3 is 2.42 bits per heavy atom. The van der Waals surface area contributed by atoms with Crippen LogP contribution >= 0.6 is 10.7 Å². The molecule has 1 heterocycles. The second-order valence-electron chi connectivity index (χ2n) is 1.85. The van der Waals surface area contributed by atoms with Crippen LogP contribution in [0.25, 0.3) is 0 Å². The second kappa shape index (κ2) is 3.24. The second-order valence-corrected chi connectivity index (χ2v) is 4.36. The fourth-order valence-electron chi connectivity index (χ4n) is 0.547. The predicted octanol–water partition coefficient (Wildman–Crippen LogP) is 0.413. The topological polar surface area (TPSA) is 69.2 Å². The van der Waals surface area contributed by atoms with Gasteiger partial charge in [0, 0.05) is 16.7 Å². The highest BCUT2D eigenvalue weighted by atomic mass is 35.7. The van der Waals surface area contributed by atoms with Gasteiger partial charge < -0.3 is 4.74 Å². The Morgan fingerprint density at radius 1 is 1.42 bits per heavy atom. The highest BCUT2D eigenvalue weighted by molar-refractivity contribution is 8.13. The molecule has 0 unspecified atom stereocenters. The van der Waals surface area contributed by atoms with Crippen LogP contribution in [0.5, 0.6) is 5.88 Å². The minimum atomic E-state index is -3.78. The summed E-state index contributed by atoms with van der Waals surface area (Å²) in [5.74, 6) is 0.235. The number of ether oxygens (including phenoxy) is 1. The molecule has 0 saturated carbocycles. The minimum absolute atomic E-state index is 0.235. The molecular formula is C5H5ClN2O3S. The van der Waals surface area contributed by atoms with Gasteiger partial charge in [-0.25, -0.2) is 8.42 Å². The van der Waals surface area contributed by atoms with Crippen molar-refractivity contribution in [2.45, 2.75) is 5.03 Å². The van der Waals surface area contributed by atoms with Gasteiger partial charge in [-0.2, -0.15) is 0 Å². The fraction of sp³-hybridized carbons (Fsp3) is 0.200. The van der Waals surface area contributed by atoms with E-state index < -0.39 is 9.05 Å². The van der Waals surface area contributed by atoms with Gasteiger partial charge in [0.2, 0.25) is 5.88 Å². The lowest BCUT2D eigenvalue weighted by molar-refractivity contribution is 0.390. The lowest BCUT2D eigenvalue weighted by Crippen LogP contribution is -1.98. The van der Waals surface area contributed by atoms with Crippen molar-refractivity contribution in [1.29, 1.82) is 0 Å². The summed E-state index contributed by atoms with van der Waals surface area (Å²) in [6.45, 7) is 0. The summed E-state index contributed by atoms with van der Waals surface area (Å²) < 4.78 is 26.0. The van der Waals surface area contributed by atoms with E-state index in [2.05, 4.69) is 14.9 Å². The average Bonchev–Trinajstić information content (AvgIpc) is 2.03. The Balaban J connectivity index is 3.09. The van der Waals surface area contributed by atoms with Gasteiger partial charge in [-0.05, 0) is 6.07 Å². The molecule has 0 radical (unpaired) electrons. The first-order valence-electron chi connectivity index (χ1n) is 2.86. The zero-order chi connectivity index (χ0) is 9.19. The van der Waals surface area contributed by atoms with E-state index in [1.54, 1.807) is 0 Å². The third-order valence-electron chi connectivity index (χ3n) is 1.07. The number of methoxy groups -OCH3 is 1. The van der Waals surface area contributed by atoms with E-state index in [4.69, 9.17) is 10.7 Å². The molecule has 1 aromatic heterocycles. The van der Waals surface area contributed by atoms with Gasteiger partial charge >= 0.3 is 0 Å². The molecule has 0 spiro atoms. The van der Waals surface area contributed by atoms with E-state index in [-0.39, 0.29) is 10.9 Å². The predicted molar refractivity (Wildman–Crippen MR) is 41.6 cm³/mol. The number of nitrogens with zero attached hydrogens (tertiary/aromatic N) is 2. The largest absolute Gasteiger partial charge is 0.480 e. The van der Waals surface area contributed by atoms with Gasteiger partial charge in [0.05, 0.1) is 7.11 Å². The first kappa shape index (κ1) is 9.21. The summed E-state index contributed by atoms with van der Waals surface area (Å²) in [6.07, 6.45) is 0. The summed E-state index contributed by atoms with van der Waals surface area (Å²) in [5.41, 5.74) is 0. The molecule has 66 valence electrons. The zero-order valence-electron chi connectivity index (χ0n) is 6.06. The molecule has 0 N–H and O–H groups in total. The molecule has 0 atom stereocenters. The van der Waals surface area contributed by atoms with Crippen LogP contribution in [0.1, 0.15) is 0 Å². The monoisotopic (exact) mass is 208 g/mol. The van der Waals surface area contributed by atoms with Crippen molar-refractivity contribution in [3.8, 4) is 5.88 Å². The van der Waals surface area contributed by atoms with Crippen LogP contribution in [-0.2, 0) is 9.05 Å². The summed E-state index contributed by atoms with van der Waals surface area (Å²) in [4.78, 5) is 0. The molecule has 0 aromatic carbocycles. The molecule has 0 fully saturated rings. The summed E-state index contributed by atoms with van der Waals surface area (Å²) >= 11 is 0. The third-order valence-corrected chi connectivity index (χ3v) is 2.27. The highest BCUT2D eigenvalue weighted by Crippen LogP contribution is 2.12. The molecule has 0 saturated heterocycles. The van der Waals surface area contributed by atoms with Crippen LogP contribution in [0, 0.1) is 0 Å². The summed E-state index contributed by atoms with van der Waals surface area (Å²) in [7, 11) is 2.60. The van der Waals surface area contributed by atoms with Gasteiger partial charge in [-0.15, -0.1) is 10.2 Å². The quantitative estimate of drug-likeness (QED) is 0.659. The van der Waals surface area contributed by atoms with Gasteiger partial charge in [0.25, 0.3) is 9.05 Å². The Bertz CT molecular complexity index is 361. The molecule has 0 aliphatic rings. The minimum Gasteiger partial charge on any atom is -0.480 e. The van der Waals surface area contributed by atoms with Gasteiger partial charge in [0.1, 0.15) is 0 Å². The number of rotatable bonds is 2. The number of hydrogen-bond donors (Lipinski definition) is 0. The van der Waals surface area contributed by atoms with Crippen molar-refractivity contribution in [2.75, 3.05) is 7.11 Å². The number of aromatic nitrogens is 2. The molecule has 0 amide bonds. The van der Waals surface area contributed by atoms with Crippen molar-refractivity contribution in [1.82, 2.24) is 10.2 Å². The number of halogens is 1. The molecule has 0 bridgehead atoms. The van der Waals surface area contributed by atoms with Crippen molar-refractivity contribution in [3.63, 3.8) is 0 Å². The van der Waals surface area contributed by atoms with E-state index in [1.807, 2.05) is 0 Å². The van der Waals surface area contributed by atoms with Crippen molar-refractivity contribution >= 4 is 19.7 Å². The van der Waals surface area contributed by atoms with Crippen LogP contribution in [0.2, 0.25) is 0 Å². The van der Waals surface area contributed by atoms with Gasteiger partial charge in [-0.1, -0.05) is 0 Å². The fourth-order valence-corrected chi connectivity index (χ4v) is 1.16. The van der Waals surface area contributed by atoms with Crippen LogP contribution in [0.15, 0.2) is 17.2 Å². The maximum atomic E-state index is 10.7. The summed E-state index contributed by atoms with van der Waals surface area (Å²) in [6, 6.07) is 2.58. The standard InChI is InChI=1S/C5H5ClN2O3S/c1-11-4-2-3-5(8-7-4)12(6,9)10/h2-3H,1H3. The Labute approximate surface area is 73.8 Å². The number of hydrogen-bond acceptors (Lipinski definition) is 5. The Kier molecular flexibility index (Phi) is 2.49. The lowest BCUT2D eigenvalue weighted by Gasteiger charge is -1.96. The SMILES string of the molecule is COc1ccc(S(=O)(=O)Cl)nn1. The van der Waals surface area contributed by atoms with E-state index in [9.17, 15) is 8.42 Å². The summed E-state index contributed by atoms with van der Waals surface area (Å²) in [5, 5.41) is 6.47. The van der Waals surface area contributed by atoms with E-state index in [0.717, 1.165) is 0 Å². The van der Waals surface area contributed by atoms with Crippen molar-refractivity contribution in [2.24, 2.45) is 0 Å². The smallest absolute Gasteiger partial charge is 0.280 e. The van der Waals surface area contributed by atoms with Crippen LogP contribution in [-0.4, -0.2) is 25.7 Å². The lowest BCUT2D eigenvalue weighted by atomic mass is 10.6. The van der Waals surface area contributed by atoms with Crippen LogP contribution in [0.4, 0.5) is 0 Å². The first-order valence-corrected chi connectivity index (χ1v) is 5.17. The van der Waals surface area contributed by atoms with E-state index >= 15 is 0 Å². The molecule has 0 aliphatic heterocycles. The molecule has 7 heteroatoms. The van der Waals surface area contributed by atoms with Crippen LogP contribution in [0.3, 0.4) is 0 Å². The molecule has 12 heavy (non-hydrogen) atoms. The molecule has 1 rings (SSSR count). The van der Waals surface area contributed by atoms with Gasteiger partial charge in [0.15, 0.2) is 5.03 Å². The average molecular weight is 209 g/mol. The first-order chi connectivity index (χ1) is 5.54. The molecule has 0 aliphatic carbocycles. The normalized spacial score (nSPS) is 11.2. The maximum absolute atomic E-state index is 10.7. The Morgan fingerprint density at radius 2 is 2.08 bits per heavy atom. The Hall–Kier alpha value is -0.880. The molecule has 5 nitrogen and oxygen atoms in total. The maximum Gasteiger partial charge on any atom is 0.280 e. The van der Waals surface area contributed by atoms with Crippen LogP contribution < -0.4 is 4.74 Å². The third kappa shape index (κ3) is 2.05. The van der Waals surface area contributed by atoms with Gasteiger partial charge in [-0.3, -0.25) is 0 Å². The zero-order valence-corrected chi connectivity index (χ0v) is 7.63. The molecular weight excluding hydrogens is 204 g/mol. The van der Waals surface area contributed by atoms with Crippen molar-refractivity contribution < 1.29 is 13.2 Å².